The molecule has 1 heterocycles. The molecule has 3 rings (SSSR count). The lowest BCUT2D eigenvalue weighted by molar-refractivity contribution is 0.258. The van der Waals surface area contributed by atoms with Gasteiger partial charge in [0.25, 0.3) is 0 Å². The minimum absolute atomic E-state index is 0. The third-order valence-electron chi connectivity index (χ3n) is 2.99. The van der Waals surface area contributed by atoms with E-state index in [0.717, 1.165) is 19.4 Å². The monoisotopic (exact) mass is 212 g/mol. The molecule has 0 amide bonds. The molecule has 0 aromatic carbocycles. The van der Waals surface area contributed by atoms with Crippen molar-refractivity contribution in [1.29, 1.82) is 0 Å². The van der Waals surface area contributed by atoms with E-state index in [9.17, 15) is 5.11 Å². The Labute approximate surface area is 89.0 Å². The second-order valence-corrected chi connectivity index (χ2v) is 3.77. The third kappa shape index (κ3) is 1.29. The average Bonchev–Trinajstić information content (AvgIpc) is 2.70. The summed E-state index contributed by atoms with van der Waals surface area (Å²) in [6, 6.07) is 0. The van der Waals surface area contributed by atoms with Gasteiger partial charge in [-0.2, -0.15) is 0 Å². The van der Waals surface area contributed by atoms with Gasteiger partial charge < -0.3 is 10.5 Å². The summed E-state index contributed by atoms with van der Waals surface area (Å²) in [4.78, 5) is 0. The van der Waals surface area contributed by atoms with Crippen LogP contribution in [0.15, 0.2) is 34.6 Å². The number of aliphatic hydroxyl groups is 1. The number of rotatable bonds is 0. The summed E-state index contributed by atoms with van der Waals surface area (Å²) in [7, 11) is 0. The Kier molecular flexibility index (Phi) is 2.39. The number of halogens is 1. The lowest BCUT2D eigenvalue weighted by Gasteiger charge is -2.18. The zero-order valence-electron chi connectivity index (χ0n) is 7.71. The number of hydrazine groups is 1. The van der Waals surface area contributed by atoms with Crippen LogP contribution in [0.5, 0.6) is 0 Å². The van der Waals surface area contributed by atoms with Gasteiger partial charge in [-0.3, -0.25) is 0 Å². The maximum Gasteiger partial charge on any atom is 0.0943 e. The molecule has 0 saturated carbocycles. The fourth-order valence-corrected chi connectivity index (χ4v) is 2.22. The first-order valence-corrected chi connectivity index (χ1v) is 4.62. The van der Waals surface area contributed by atoms with Crippen molar-refractivity contribution >= 4 is 12.4 Å². The highest BCUT2D eigenvalue weighted by Crippen LogP contribution is 2.35. The van der Waals surface area contributed by atoms with E-state index in [1.165, 1.54) is 22.4 Å². The number of nitrogens with one attached hydrogen (secondary N) is 2. The summed E-state index contributed by atoms with van der Waals surface area (Å²) in [6.07, 6.45) is 5.47. The summed E-state index contributed by atoms with van der Waals surface area (Å²) in [5, 5.41) is 9.64. The van der Waals surface area contributed by atoms with E-state index in [1.807, 2.05) is 12.2 Å². The zero-order valence-corrected chi connectivity index (χ0v) is 8.53. The van der Waals surface area contributed by atoms with Crippen molar-refractivity contribution in [3.05, 3.63) is 34.6 Å². The second kappa shape index (κ2) is 3.42. The predicted molar refractivity (Wildman–Crippen MR) is 56.8 cm³/mol. The molecular formula is C10H13ClN2O. The molecule has 14 heavy (non-hydrogen) atoms. The molecule has 76 valence electrons. The first-order valence-electron chi connectivity index (χ1n) is 4.62. The van der Waals surface area contributed by atoms with Crippen LogP contribution < -0.4 is 10.9 Å². The second-order valence-electron chi connectivity index (χ2n) is 3.77. The minimum atomic E-state index is -0.329. The van der Waals surface area contributed by atoms with Crippen molar-refractivity contribution in [3.8, 4) is 0 Å². The standard InChI is InChI=1S/C10H12N2O.ClH/c13-10-2-1-6-4-9-7(3-8(6)10)5-11-12-9;/h1-2,10-13H,3-5H2;1H. The minimum Gasteiger partial charge on any atom is -0.385 e. The first kappa shape index (κ1) is 9.77. The highest BCUT2D eigenvalue weighted by molar-refractivity contribution is 5.85. The molecule has 0 fully saturated rings. The topological polar surface area (TPSA) is 44.3 Å². The summed E-state index contributed by atoms with van der Waals surface area (Å²) in [6.45, 7) is 0.916. The van der Waals surface area contributed by atoms with Gasteiger partial charge in [-0.05, 0) is 23.1 Å². The van der Waals surface area contributed by atoms with Crippen LogP contribution in [0.3, 0.4) is 0 Å². The quantitative estimate of drug-likeness (QED) is 0.557. The molecule has 4 heteroatoms. The Morgan fingerprint density at radius 2 is 2.21 bits per heavy atom. The SMILES string of the molecule is Cl.OC1C=CC2=C1CC1=C(C2)NNC1. The van der Waals surface area contributed by atoms with Gasteiger partial charge in [-0.15, -0.1) is 12.4 Å². The molecule has 0 saturated heterocycles. The summed E-state index contributed by atoms with van der Waals surface area (Å²) < 4.78 is 0. The molecule has 3 nitrogen and oxygen atoms in total. The summed E-state index contributed by atoms with van der Waals surface area (Å²) >= 11 is 0. The van der Waals surface area contributed by atoms with Crippen molar-refractivity contribution in [2.45, 2.75) is 18.9 Å². The van der Waals surface area contributed by atoms with Crippen molar-refractivity contribution in [1.82, 2.24) is 10.9 Å². The van der Waals surface area contributed by atoms with Crippen LogP contribution >= 0.6 is 12.4 Å². The van der Waals surface area contributed by atoms with Crippen molar-refractivity contribution in [2.24, 2.45) is 0 Å². The van der Waals surface area contributed by atoms with Crippen LogP contribution in [-0.2, 0) is 0 Å². The largest absolute Gasteiger partial charge is 0.385 e. The van der Waals surface area contributed by atoms with Crippen LogP contribution in [0.1, 0.15) is 12.8 Å². The van der Waals surface area contributed by atoms with Gasteiger partial charge in [0.05, 0.1) is 6.10 Å². The Morgan fingerprint density at radius 3 is 3.07 bits per heavy atom. The molecule has 0 spiro atoms. The van der Waals surface area contributed by atoms with E-state index in [0.29, 0.717) is 0 Å². The van der Waals surface area contributed by atoms with Crippen molar-refractivity contribution in [3.63, 3.8) is 0 Å². The van der Waals surface area contributed by atoms with E-state index in [2.05, 4.69) is 10.9 Å². The van der Waals surface area contributed by atoms with Gasteiger partial charge in [0, 0.05) is 18.7 Å². The first-order chi connectivity index (χ1) is 6.34. The Morgan fingerprint density at radius 1 is 1.36 bits per heavy atom. The lowest BCUT2D eigenvalue weighted by atomic mass is 9.91. The van der Waals surface area contributed by atoms with Crippen LogP contribution in [0.25, 0.3) is 0 Å². The predicted octanol–water partition coefficient (Wildman–Crippen LogP) is 0.791. The molecule has 1 unspecified atom stereocenters. The number of hydrogen-bond donors (Lipinski definition) is 3. The van der Waals surface area contributed by atoms with Gasteiger partial charge in [0.1, 0.15) is 0 Å². The van der Waals surface area contributed by atoms with Crippen LogP contribution in [0, 0.1) is 0 Å². The Balaban J connectivity index is 0.000000750. The lowest BCUT2D eigenvalue weighted by Crippen LogP contribution is -2.23. The van der Waals surface area contributed by atoms with E-state index in [4.69, 9.17) is 0 Å². The number of hydrogen-bond acceptors (Lipinski definition) is 3. The summed E-state index contributed by atoms with van der Waals surface area (Å²) in [5.41, 5.74) is 11.5. The van der Waals surface area contributed by atoms with Crippen molar-refractivity contribution < 1.29 is 5.11 Å². The molecule has 0 aromatic heterocycles. The fraction of sp³-hybridized carbons (Fsp3) is 0.400. The van der Waals surface area contributed by atoms with E-state index >= 15 is 0 Å². The van der Waals surface area contributed by atoms with E-state index in [1.54, 1.807) is 0 Å². The number of aliphatic hydroxyl groups excluding tert-OH is 1. The van der Waals surface area contributed by atoms with Gasteiger partial charge in [0.15, 0.2) is 0 Å². The maximum absolute atomic E-state index is 9.64. The highest BCUT2D eigenvalue weighted by atomic mass is 35.5. The average molecular weight is 213 g/mol. The highest BCUT2D eigenvalue weighted by Gasteiger charge is 2.27. The normalized spacial score (nSPS) is 28.5. The Bertz CT molecular complexity index is 357. The zero-order chi connectivity index (χ0) is 8.84. The van der Waals surface area contributed by atoms with Gasteiger partial charge >= 0.3 is 0 Å². The molecule has 0 radical (unpaired) electrons. The van der Waals surface area contributed by atoms with Crippen LogP contribution in [0.4, 0.5) is 0 Å². The van der Waals surface area contributed by atoms with Crippen molar-refractivity contribution in [2.75, 3.05) is 6.54 Å². The van der Waals surface area contributed by atoms with E-state index < -0.39 is 0 Å². The Hall–Kier alpha value is -0.770. The third-order valence-corrected chi connectivity index (χ3v) is 2.99. The van der Waals surface area contributed by atoms with Crippen LogP contribution in [0.2, 0.25) is 0 Å². The molecule has 3 N–H and O–H groups in total. The molecule has 0 aromatic rings. The fourth-order valence-electron chi connectivity index (χ4n) is 2.22. The summed E-state index contributed by atoms with van der Waals surface area (Å²) in [5.74, 6) is 0. The molecule has 1 atom stereocenters. The van der Waals surface area contributed by atoms with Crippen LogP contribution in [-0.4, -0.2) is 17.8 Å². The number of allylic oxidation sites excluding steroid dienone is 2. The maximum atomic E-state index is 9.64. The molecule has 0 bridgehead atoms. The molecule has 1 aliphatic heterocycles. The smallest absolute Gasteiger partial charge is 0.0943 e. The van der Waals surface area contributed by atoms with Gasteiger partial charge in [-0.25, -0.2) is 5.43 Å². The molecule has 3 aliphatic rings. The van der Waals surface area contributed by atoms with Gasteiger partial charge in [-0.1, -0.05) is 12.2 Å². The molecular weight excluding hydrogens is 200 g/mol. The van der Waals surface area contributed by atoms with E-state index in [-0.39, 0.29) is 18.5 Å². The van der Waals surface area contributed by atoms with Gasteiger partial charge in [0.2, 0.25) is 0 Å². The molecule has 2 aliphatic carbocycles.